The van der Waals surface area contributed by atoms with Crippen LogP contribution in [-0.2, 0) is 26.9 Å². The normalized spacial score (nSPS) is 17.6. The predicted octanol–water partition coefficient (Wildman–Crippen LogP) is 3.92. The summed E-state index contributed by atoms with van der Waals surface area (Å²) in [5.74, 6) is -0.0908. The van der Waals surface area contributed by atoms with Crippen LogP contribution < -0.4 is 5.32 Å². The smallest absolute Gasteiger partial charge is 0.317 e. The van der Waals surface area contributed by atoms with Crippen molar-refractivity contribution >= 4 is 15.9 Å². The Balaban J connectivity index is 1.62. The molecule has 0 atom stereocenters. The summed E-state index contributed by atoms with van der Waals surface area (Å²) in [6, 6.07) is 7.54. The summed E-state index contributed by atoms with van der Waals surface area (Å²) in [6.07, 6.45) is 6.80. The number of carbonyl (C=O) groups excluding carboxylic acids is 1. The molecule has 1 saturated heterocycles. The van der Waals surface area contributed by atoms with Crippen molar-refractivity contribution < 1.29 is 17.9 Å². The molecule has 9 nitrogen and oxygen atoms in total. The fourth-order valence-electron chi connectivity index (χ4n) is 5.41. The van der Waals surface area contributed by atoms with Gasteiger partial charge in [0.25, 0.3) is 0 Å². The van der Waals surface area contributed by atoms with E-state index in [2.05, 4.69) is 15.2 Å². The van der Waals surface area contributed by atoms with Crippen molar-refractivity contribution in [3.63, 3.8) is 0 Å². The minimum atomic E-state index is -3.68. The van der Waals surface area contributed by atoms with Crippen molar-refractivity contribution in [2.75, 3.05) is 39.4 Å². The summed E-state index contributed by atoms with van der Waals surface area (Å²) in [7, 11) is -3.68. The molecule has 1 saturated carbocycles. The summed E-state index contributed by atoms with van der Waals surface area (Å²) < 4.78 is 34.8. The van der Waals surface area contributed by atoms with Gasteiger partial charge in [0.1, 0.15) is 0 Å². The van der Waals surface area contributed by atoms with Gasteiger partial charge in [0.15, 0.2) is 0 Å². The Labute approximate surface area is 227 Å². The first-order chi connectivity index (χ1) is 18.2. The molecule has 1 aliphatic heterocycles. The number of nitrogens with zero attached hydrogens (tertiary/aromatic N) is 4. The summed E-state index contributed by atoms with van der Waals surface area (Å²) in [5.41, 5.74) is 2.56. The molecule has 2 fully saturated rings. The van der Waals surface area contributed by atoms with Gasteiger partial charge >= 0.3 is 6.03 Å². The lowest BCUT2D eigenvalue weighted by atomic mass is 9.95. The van der Waals surface area contributed by atoms with E-state index in [1.807, 2.05) is 49.6 Å². The van der Waals surface area contributed by atoms with Gasteiger partial charge in [-0.15, -0.1) is 0 Å². The Morgan fingerprint density at radius 2 is 1.92 bits per heavy atom. The number of hydrogen-bond donors (Lipinski definition) is 1. The maximum atomic E-state index is 13.7. The van der Waals surface area contributed by atoms with Crippen LogP contribution in [0, 0.1) is 6.92 Å². The maximum absolute atomic E-state index is 13.7. The van der Waals surface area contributed by atoms with Crippen LogP contribution in [0.3, 0.4) is 0 Å². The molecule has 2 heterocycles. The standard InChI is InChI=1S/C28H43N5O4S/c1-22(2)30-27(34)32(13-12-31-14-16-37-17-15-31)20-26-19-29-28(33(26)25-10-5-4-6-11-25)38(35,36)21-24-9-7-8-23(3)18-24/h7-9,18-19,22,25H,4-6,10-17,20-21H2,1-3H3,(H,30,34). The molecule has 2 aliphatic rings. The van der Waals surface area contributed by atoms with Gasteiger partial charge in [-0.05, 0) is 39.2 Å². The maximum Gasteiger partial charge on any atom is 0.317 e. The number of aromatic nitrogens is 2. The Bertz CT molecular complexity index is 1170. The van der Waals surface area contributed by atoms with Crippen molar-refractivity contribution in [2.45, 2.75) is 82.4 Å². The highest BCUT2D eigenvalue weighted by atomic mass is 32.2. The van der Waals surface area contributed by atoms with Gasteiger partial charge in [0, 0.05) is 38.3 Å². The van der Waals surface area contributed by atoms with Crippen molar-refractivity contribution in [2.24, 2.45) is 0 Å². The van der Waals surface area contributed by atoms with Gasteiger partial charge in [-0.3, -0.25) is 4.90 Å². The number of ether oxygens (including phenoxy) is 1. The Morgan fingerprint density at radius 3 is 2.61 bits per heavy atom. The van der Waals surface area contributed by atoms with Crippen LogP contribution in [0.5, 0.6) is 0 Å². The first-order valence-electron chi connectivity index (χ1n) is 13.9. The highest BCUT2D eigenvalue weighted by Crippen LogP contribution is 2.33. The summed E-state index contributed by atoms with van der Waals surface area (Å²) in [5, 5.41) is 3.14. The van der Waals surface area contributed by atoms with Crippen molar-refractivity contribution in [1.29, 1.82) is 0 Å². The molecule has 210 valence electrons. The van der Waals surface area contributed by atoms with Crippen molar-refractivity contribution in [3.05, 3.63) is 47.3 Å². The number of nitrogens with one attached hydrogen (secondary N) is 1. The van der Waals surface area contributed by atoms with E-state index in [0.717, 1.165) is 68.6 Å². The number of amides is 2. The predicted molar refractivity (Wildman–Crippen MR) is 148 cm³/mol. The number of imidazole rings is 1. The van der Waals surface area contributed by atoms with E-state index in [9.17, 15) is 13.2 Å². The average molecular weight is 546 g/mol. The molecule has 1 aromatic heterocycles. The number of benzene rings is 1. The third-order valence-electron chi connectivity index (χ3n) is 7.34. The second kappa shape index (κ2) is 13.1. The van der Waals surface area contributed by atoms with E-state index in [4.69, 9.17) is 4.74 Å². The monoisotopic (exact) mass is 545 g/mol. The van der Waals surface area contributed by atoms with E-state index < -0.39 is 9.84 Å². The van der Waals surface area contributed by atoms with Crippen molar-refractivity contribution in [1.82, 2.24) is 24.7 Å². The lowest BCUT2D eigenvalue weighted by Gasteiger charge is -2.32. The van der Waals surface area contributed by atoms with E-state index in [0.29, 0.717) is 26.3 Å². The van der Waals surface area contributed by atoms with Crippen LogP contribution in [-0.4, -0.2) is 79.2 Å². The molecule has 10 heteroatoms. The molecule has 0 bridgehead atoms. The molecule has 2 amide bonds. The molecule has 1 aliphatic carbocycles. The van der Waals surface area contributed by atoms with Gasteiger partial charge in [-0.25, -0.2) is 18.2 Å². The lowest BCUT2D eigenvalue weighted by Crippen LogP contribution is -2.47. The first kappa shape index (κ1) is 28.6. The first-order valence-corrected chi connectivity index (χ1v) is 15.6. The Kier molecular flexibility index (Phi) is 9.84. The van der Waals surface area contributed by atoms with Crippen molar-refractivity contribution in [3.8, 4) is 0 Å². The highest BCUT2D eigenvalue weighted by molar-refractivity contribution is 7.90. The molecule has 2 aromatic rings. The summed E-state index contributed by atoms with van der Waals surface area (Å²) in [4.78, 5) is 21.8. The molecular formula is C28H43N5O4S. The number of urea groups is 1. The molecule has 0 unspecified atom stereocenters. The molecule has 1 aromatic carbocycles. The number of aryl methyl sites for hydroxylation is 1. The zero-order chi connectivity index (χ0) is 27.1. The van der Waals surface area contributed by atoms with Crippen LogP contribution in [0.25, 0.3) is 0 Å². The fourth-order valence-corrected chi connectivity index (χ4v) is 6.94. The van der Waals surface area contributed by atoms with Crippen LogP contribution >= 0.6 is 0 Å². The number of rotatable bonds is 10. The SMILES string of the molecule is Cc1cccc(CS(=O)(=O)c2ncc(CN(CCN3CCOCC3)C(=O)NC(C)C)n2C2CCCCC2)c1. The quantitative estimate of drug-likeness (QED) is 0.486. The van der Waals surface area contributed by atoms with Crippen LogP contribution in [0.15, 0.2) is 35.6 Å². The minimum absolute atomic E-state index is 0.00177. The molecule has 4 rings (SSSR count). The molecule has 1 N–H and O–H groups in total. The van der Waals surface area contributed by atoms with Gasteiger partial charge in [0.05, 0.1) is 37.4 Å². The molecular weight excluding hydrogens is 502 g/mol. The summed E-state index contributed by atoms with van der Waals surface area (Å²) >= 11 is 0. The molecule has 0 spiro atoms. The largest absolute Gasteiger partial charge is 0.379 e. The average Bonchev–Trinajstić information content (AvgIpc) is 3.31. The second-order valence-electron chi connectivity index (χ2n) is 10.9. The van der Waals surface area contributed by atoms with Crippen LogP contribution in [0.1, 0.15) is 68.8 Å². The van der Waals surface area contributed by atoms with Gasteiger partial charge in [0.2, 0.25) is 15.0 Å². The highest BCUT2D eigenvalue weighted by Gasteiger charge is 2.30. The van der Waals surface area contributed by atoms with Gasteiger partial charge in [-0.2, -0.15) is 0 Å². The second-order valence-corrected chi connectivity index (χ2v) is 12.8. The van der Waals surface area contributed by atoms with Gasteiger partial charge < -0.3 is 19.5 Å². The number of carbonyl (C=O) groups is 1. The number of sulfone groups is 1. The number of morpholine rings is 1. The zero-order valence-electron chi connectivity index (χ0n) is 23.1. The van der Waals surface area contributed by atoms with E-state index in [1.165, 1.54) is 0 Å². The fraction of sp³-hybridized carbons (Fsp3) is 0.643. The van der Waals surface area contributed by atoms with E-state index in [1.54, 1.807) is 11.1 Å². The van der Waals surface area contributed by atoms with E-state index in [-0.39, 0.29) is 29.0 Å². The molecule has 0 radical (unpaired) electrons. The van der Waals surface area contributed by atoms with E-state index >= 15 is 0 Å². The number of hydrogen-bond acceptors (Lipinski definition) is 6. The van der Waals surface area contributed by atoms with Crippen LogP contribution in [0.2, 0.25) is 0 Å². The van der Waals surface area contributed by atoms with Crippen LogP contribution in [0.4, 0.5) is 4.79 Å². The Morgan fingerprint density at radius 1 is 1.18 bits per heavy atom. The third-order valence-corrected chi connectivity index (χ3v) is 8.91. The third kappa shape index (κ3) is 7.57. The Hall–Kier alpha value is -2.43. The topological polar surface area (TPSA) is 96.8 Å². The molecule has 38 heavy (non-hydrogen) atoms. The summed E-state index contributed by atoms with van der Waals surface area (Å²) in [6.45, 7) is 10.5. The van der Waals surface area contributed by atoms with Gasteiger partial charge in [-0.1, -0.05) is 49.1 Å². The lowest BCUT2D eigenvalue weighted by molar-refractivity contribution is 0.0345. The minimum Gasteiger partial charge on any atom is -0.379 e. The zero-order valence-corrected chi connectivity index (χ0v) is 23.9.